The molecule has 0 spiro atoms. The minimum Gasteiger partial charge on any atom is -0.481 e. The quantitative estimate of drug-likeness (QED) is 0.792. The summed E-state index contributed by atoms with van der Waals surface area (Å²) in [7, 11) is 0. The molecule has 0 bridgehead atoms. The fourth-order valence-electron chi connectivity index (χ4n) is 2.78. The highest BCUT2D eigenvalue weighted by molar-refractivity contribution is 6.00. The summed E-state index contributed by atoms with van der Waals surface area (Å²) < 4.78 is 0. The molecule has 1 saturated heterocycles. The number of likely N-dealkylation sites (tertiary alicyclic amines) is 1. The van der Waals surface area contributed by atoms with Gasteiger partial charge in [0.15, 0.2) is 0 Å². The Hall–Kier alpha value is -2.57. The Morgan fingerprint density at radius 1 is 1.45 bits per heavy atom. The molecule has 1 fully saturated rings. The summed E-state index contributed by atoms with van der Waals surface area (Å²) in [6, 6.07) is 3.45. The first-order valence-electron chi connectivity index (χ1n) is 7.13. The maximum absolute atomic E-state index is 12.4. The number of carbonyl (C=O) groups is 2. The third kappa shape index (κ3) is 2.28. The molecule has 116 valence electrons. The molecule has 1 aromatic heterocycles. The number of H-pyrrole nitrogens is 1. The highest BCUT2D eigenvalue weighted by Gasteiger charge is 2.42. The minimum absolute atomic E-state index is 0.214. The van der Waals surface area contributed by atoms with Crippen molar-refractivity contribution in [2.75, 3.05) is 18.4 Å². The predicted molar refractivity (Wildman–Crippen MR) is 81.8 cm³/mol. The van der Waals surface area contributed by atoms with E-state index in [1.807, 2.05) is 19.1 Å². The number of nitrogens with zero attached hydrogens (tertiary/aromatic N) is 2. The number of hydrogen-bond donors (Lipinski definition) is 3. The average Bonchev–Trinajstić information content (AvgIpc) is 3.10. The monoisotopic (exact) mass is 302 g/mol. The SMILES string of the molecule is Cc1ccc(NC(=O)N2CCC(C)(C(=O)O)C2)c2[nH]ncc12. The molecule has 1 unspecified atom stereocenters. The molecule has 2 heterocycles. The van der Waals surface area contributed by atoms with Gasteiger partial charge in [-0.1, -0.05) is 6.07 Å². The number of nitrogens with one attached hydrogen (secondary N) is 2. The van der Waals surface area contributed by atoms with Gasteiger partial charge >= 0.3 is 12.0 Å². The number of anilines is 1. The Bertz CT molecular complexity index is 754. The molecule has 1 aromatic carbocycles. The first-order chi connectivity index (χ1) is 10.4. The van der Waals surface area contributed by atoms with Gasteiger partial charge in [0.25, 0.3) is 0 Å². The van der Waals surface area contributed by atoms with E-state index in [4.69, 9.17) is 0 Å². The number of carboxylic acid groups (broad SMARTS) is 1. The Morgan fingerprint density at radius 3 is 2.91 bits per heavy atom. The van der Waals surface area contributed by atoms with Crippen LogP contribution >= 0.6 is 0 Å². The number of carbonyl (C=O) groups excluding carboxylic acids is 1. The fraction of sp³-hybridized carbons (Fsp3) is 0.400. The zero-order valence-electron chi connectivity index (χ0n) is 12.5. The maximum atomic E-state index is 12.4. The number of aromatic amines is 1. The number of rotatable bonds is 2. The third-order valence-electron chi connectivity index (χ3n) is 4.35. The number of aryl methyl sites for hydroxylation is 1. The summed E-state index contributed by atoms with van der Waals surface area (Å²) in [5.41, 5.74) is 1.62. The molecule has 0 aliphatic carbocycles. The highest BCUT2D eigenvalue weighted by atomic mass is 16.4. The average molecular weight is 302 g/mol. The van der Waals surface area contributed by atoms with Crippen LogP contribution in [0.2, 0.25) is 0 Å². The normalized spacial score (nSPS) is 21.3. The van der Waals surface area contributed by atoms with Crippen LogP contribution in [0.4, 0.5) is 10.5 Å². The van der Waals surface area contributed by atoms with Crippen LogP contribution in [-0.4, -0.2) is 45.3 Å². The number of carboxylic acids is 1. The van der Waals surface area contributed by atoms with Gasteiger partial charge in [-0.05, 0) is 31.9 Å². The molecule has 7 heteroatoms. The van der Waals surface area contributed by atoms with Crippen molar-refractivity contribution >= 4 is 28.6 Å². The van der Waals surface area contributed by atoms with Gasteiger partial charge < -0.3 is 15.3 Å². The summed E-state index contributed by atoms with van der Waals surface area (Å²) in [5, 5.41) is 19.9. The van der Waals surface area contributed by atoms with Gasteiger partial charge in [-0.25, -0.2) is 4.79 Å². The molecule has 3 rings (SSSR count). The largest absolute Gasteiger partial charge is 0.481 e. The summed E-state index contributed by atoms with van der Waals surface area (Å²) in [5.74, 6) is -0.867. The fourth-order valence-corrected chi connectivity index (χ4v) is 2.78. The number of amides is 2. The van der Waals surface area contributed by atoms with Crippen molar-refractivity contribution in [3.8, 4) is 0 Å². The molecule has 1 atom stereocenters. The zero-order chi connectivity index (χ0) is 15.9. The van der Waals surface area contributed by atoms with Crippen LogP contribution in [0.25, 0.3) is 10.9 Å². The first kappa shape index (κ1) is 14.4. The predicted octanol–water partition coefficient (Wildman–Crippen LogP) is 2.20. The van der Waals surface area contributed by atoms with E-state index in [0.717, 1.165) is 16.5 Å². The highest BCUT2D eigenvalue weighted by Crippen LogP contribution is 2.31. The second-order valence-electron chi connectivity index (χ2n) is 6.06. The van der Waals surface area contributed by atoms with Gasteiger partial charge in [-0.15, -0.1) is 0 Å². The summed E-state index contributed by atoms with van der Waals surface area (Å²) in [6.45, 7) is 4.29. The van der Waals surface area contributed by atoms with Crippen LogP contribution in [0.3, 0.4) is 0 Å². The van der Waals surface area contributed by atoms with Crippen LogP contribution in [0.15, 0.2) is 18.3 Å². The zero-order valence-corrected chi connectivity index (χ0v) is 12.5. The molecule has 0 saturated carbocycles. The second-order valence-corrected chi connectivity index (χ2v) is 6.06. The van der Waals surface area contributed by atoms with E-state index < -0.39 is 11.4 Å². The van der Waals surface area contributed by atoms with Crippen molar-refractivity contribution in [2.45, 2.75) is 20.3 Å². The van der Waals surface area contributed by atoms with Gasteiger partial charge in [0.05, 0.1) is 22.8 Å². The number of urea groups is 1. The summed E-state index contributed by atoms with van der Waals surface area (Å²) in [4.78, 5) is 25.2. The van der Waals surface area contributed by atoms with Crippen LogP contribution in [-0.2, 0) is 4.79 Å². The van der Waals surface area contributed by atoms with Crippen molar-refractivity contribution in [1.29, 1.82) is 0 Å². The van der Waals surface area contributed by atoms with E-state index in [1.54, 1.807) is 13.1 Å². The smallest absolute Gasteiger partial charge is 0.321 e. The lowest BCUT2D eigenvalue weighted by atomic mass is 9.90. The summed E-state index contributed by atoms with van der Waals surface area (Å²) >= 11 is 0. The van der Waals surface area contributed by atoms with Gasteiger partial charge in [0.1, 0.15) is 0 Å². The topological polar surface area (TPSA) is 98.3 Å². The molecule has 2 aromatic rings. The van der Waals surface area contributed by atoms with Gasteiger partial charge in [-0.2, -0.15) is 5.10 Å². The lowest BCUT2D eigenvalue weighted by molar-refractivity contribution is -0.146. The number of aromatic nitrogens is 2. The van der Waals surface area contributed by atoms with Crippen molar-refractivity contribution < 1.29 is 14.7 Å². The molecule has 3 N–H and O–H groups in total. The van der Waals surface area contributed by atoms with Gasteiger partial charge in [0, 0.05) is 18.5 Å². The molecule has 1 aliphatic rings. The Morgan fingerprint density at radius 2 is 2.23 bits per heavy atom. The summed E-state index contributed by atoms with van der Waals surface area (Å²) in [6.07, 6.45) is 2.18. The number of hydrogen-bond acceptors (Lipinski definition) is 3. The van der Waals surface area contributed by atoms with Crippen LogP contribution in [0.1, 0.15) is 18.9 Å². The first-order valence-corrected chi connectivity index (χ1v) is 7.13. The van der Waals surface area contributed by atoms with E-state index >= 15 is 0 Å². The van der Waals surface area contributed by atoms with Crippen LogP contribution < -0.4 is 5.32 Å². The van der Waals surface area contributed by atoms with E-state index in [0.29, 0.717) is 18.7 Å². The lowest BCUT2D eigenvalue weighted by Gasteiger charge is -2.20. The standard InChI is InChI=1S/C15H18N4O3/c1-9-3-4-11(12-10(9)7-16-18-12)17-14(22)19-6-5-15(2,8-19)13(20)21/h3-4,7H,5-6,8H2,1-2H3,(H,16,18)(H,17,22)(H,20,21). The van der Waals surface area contributed by atoms with E-state index in [9.17, 15) is 14.7 Å². The third-order valence-corrected chi connectivity index (χ3v) is 4.35. The maximum Gasteiger partial charge on any atom is 0.321 e. The van der Waals surface area contributed by atoms with Gasteiger partial charge in [0.2, 0.25) is 0 Å². The molecular formula is C15H18N4O3. The molecule has 22 heavy (non-hydrogen) atoms. The molecule has 0 radical (unpaired) electrons. The van der Waals surface area contributed by atoms with Crippen molar-refractivity contribution in [2.24, 2.45) is 5.41 Å². The van der Waals surface area contributed by atoms with E-state index in [2.05, 4.69) is 15.5 Å². The van der Waals surface area contributed by atoms with Crippen molar-refractivity contribution in [3.05, 3.63) is 23.9 Å². The van der Waals surface area contributed by atoms with Crippen LogP contribution in [0, 0.1) is 12.3 Å². The molecule has 2 amide bonds. The number of aliphatic carboxylic acids is 1. The Kier molecular flexibility index (Phi) is 3.27. The van der Waals surface area contributed by atoms with Crippen molar-refractivity contribution in [3.63, 3.8) is 0 Å². The Balaban J connectivity index is 1.79. The number of benzene rings is 1. The number of fused-ring (bicyclic) bond motifs is 1. The van der Waals surface area contributed by atoms with Gasteiger partial charge in [-0.3, -0.25) is 9.89 Å². The molecule has 1 aliphatic heterocycles. The molecule has 7 nitrogen and oxygen atoms in total. The Labute approximate surface area is 127 Å². The van der Waals surface area contributed by atoms with Crippen molar-refractivity contribution in [1.82, 2.24) is 15.1 Å². The minimum atomic E-state index is -0.867. The van der Waals surface area contributed by atoms with Crippen LogP contribution in [0.5, 0.6) is 0 Å². The molecular weight excluding hydrogens is 284 g/mol. The van der Waals surface area contributed by atoms with E-state index in [-0.39, 0.29) is 12.6 Å². The second kappa shape index (κ2) is 5.01. The lowest BCUT2D eigenvalue weighted by Crippen LogP contribution is -2.37. The van der Waals surface area contributed by atoms with E-state index in [1.165, 1.54) is 4.90 Å².